The zero-order valence-corrected chi connectivity index (χ0v) is 10.2. The van der Waals surface area contributed by atoms with Crippen molar-refractivity contribution in [3.05, 3.63) is 0 Å². The fourth-order valence-electron chi connectivity index (χ4n) is 1.22. The molecule has 1 amide bonds. The number of carbonyl (C=O) groups is 1. The molecule has 0 fully saturated rings. The van der Waals surface area contributed by atoms with Crippen molar-refractivity contribution in [2.24, 2.45) is 11.3 Å². The first-order valence-corrected chi connectivity index (χ1v) is 4.80. The van der Waals surface area contributed by atoms with Crippen molar-refractivity contribution in [1.29, 1.82) is 0 Å². The van der Waals surface area contributed by atoms with E-state index >= 15 is 0 Å². The van der Waals surface area contributed by atoms with Gasteiger partial charge in [-0.15, -0.1) is 0 Å². The molecule has 0 aromatic rings. The Balaban J connectivity index is 0. The van der Waals surface area contributed by atoms with E-state index in [0.29, 0.717) is 5.41 Å². The van der Waals surface area contributed by atoms with Gasteiger partial charge >= 0.3 is 0 Å². The highest BCUT2D eigenvalue weighted by atomic mass is 16.1. The predicted molar refractivity (Wildman–Crippen MR) is 58.7 cm³/mol. The van der Waals surface area contributed by atoms with Gasteiger partial charge in [0.1, 0.15) is 0 Å². The van der Waals surface area contributed by atoms with Crippen LogP contribution in [0.5, 0.6) is 0 Å². The van der Waals surface area contributed by atoms with Crippen molar-refractivity contribution in [3.8, 4) is 0 Å². The Morgan fingerprint density at radius 3 is 1.54 bits per heavy atom. The maximum absolute atomic E-state index is 9.43. The fraction of sp³-hybridized carbons (Fsp3) is 0.909. The molecule has 0 atom stereocenters. The lowest BCUT2D eigenvalue weighted by Gasteiger charge is -2.19. The minimum absolute atomic E-state index is 0.522. The first-order valence-electron chi connectivity index (χ1n) is 4.80. The summed E-state index contributed by atoms with van der Waals surface area (Å²) in [6.45, 7) is 11.4. The summed E-state index contributed by atoms with van der Waals surface area (Å²) in [4.78, 5) is 10.9. The highest BCUT2D eigenvalue weighted by Gasteiger charge is 2.11. The van der Waals surface area contributed by atoms with Crippen molar-refractivity contribution < 1.29 is 4.79 Å². The molecule has 0 spiro atoms. The van der Waals surface area contributed by atoms with Gasteiger partial charge < -0.3 is 4.90 Å². The van der Waals surface area contributed by atoms with Crippen LogP contribution in [-0.4, -0.2) is 25.4 Å². The zero-order chi connectivity index (χ0) is 11.1. The predicted octanol–water partition coefficient (Wildman–Crippen LogP) is 2.78. The van der Waals surface area contributed by atoms with E-state index in [9.17, 15) is 4.79 Å². The minimum atomic E-state index is 0.522. The van der Waals surface area contributed by atoms with E-state index in [-0.39, 0.29) is 0 Å². The fourth-order valence-corrected chi connectivity index (χ4v) is 1.22. The van der Waals surface area contributed by atoms with Crippen LogP contribution in [0.15, 0.2) is 0 Å². The lowest BCUT2D eigenvalue weighted by atomic mass is 9.86. The molecule has 0 heterocycles. The molecule has 0 rings (SSSR count). The van der Waals surface area contributed by atoms with E-state index < -0.39 is 0 Å². The summed E-state index contributed by atoms with van der Waals surface area (Å²) in [7, 11) is 3.38. The van der Waals surface area contributed by atoms with Gasteiger partial charge in [0.2, 0.25) is 6.41 Å². The van der Waals surface area contributed by atoms with E-state index in [1.165, 1.54) is 11.3 Å². The summed E-state index contributed by atoms with van der Waals surface area (Å²) in [5.41, 5.74) is 0.522. The highest BCUT2D eigenvalue weighted by molar-refractivity contribution is 5.45. The maximum Gasteiger partial charge on any atom is 0.209 e. The van der Waals surface area contributed by atoms with Crippen LogP contribution in [0.25, 0.3) is 0 Å². The topological polar surface area (TPSA) is 20.3 Å². The summed E-state index contributed by atoms with van der Waals surface area (Å²) in [6, 6.07) is 0. The maximum atomic E-state index is 9.43. The Bertz CT molecular complexity index is 123. The second-order valence-corrected chi connectivity index (χ2v) is 5.23. The number of hydrogen-bond acceptors (Lipinski definition) is 1. The van der Waals surface area contributed by atoms with Gasteiger partial charge in [0.15, 0.2) is 0 Å². The minimum Gasteiger partial charge on any atom is -0.351 e. The molecule has 0 aliphatic rings. The van der Waals surface area contributed by atoms with Gasteiger partial charge in [0.25, 0.3) is 0 Å². The van der Waals surface area contributed by atoms with Gasteiger partial charge in [-0.25, -0.2) is 0 Å². The molecule has 0 aromatic heterocycles. The summed E-state index contributed by atoms with van der Waals surface area (Å²) in [5.74, 6) is 0.843. The third-order valence-corrected chi connectivity index (χ3v) is 1.23. The van der Waals surface area contributed by atoms with Crippen molar-refractivity contribution in [1.82, 2.24) is 4.90 Å². The Labute approximate surface area is 83.3 Å². The molecule has 2 heteroatoms. The van der Waals surface area contributed by atoms with Gasteiger partial charge in [-0.2, -0.15) is 0 Å². The van der Waals surface area contributed by atoms with Gasteiger partial charge in [-0.05, 0) is 17.8 Å². The Kier molecular flexibility index (Phi) is 7.98. The quantitative estimate of drug-likeness (QED) is 0.609. The van der Waals surface area contributed by atoms with Crippen LogP contribution in [0, 0.1) is 11.3 Å². The molecular weight excluding hydrogens is 162 g/mol. The second-order valence-electron chi connectivity index (χ2n) is 5.23. The summed E-state index contributed by atoms with van der Waals surface area (Å²) in [5, 5.41) is 0. The third kappa shape index (κ3) is 24.6. The Hall–Kier alpha value is -0.530. The molecule has 0 radical (unpaired) electrons. The van der Waals surface area contributed by atoms with Crippen molar-refractivity contribution in [2.45, 2.75) is 41.0 Å². The molecule has 80 valence electrons. The molecule has 0 saturated carbocycles. The van der Waals surface area contributed by atoms with Gasteiger partial charge in [-0.3, -0.25) is 4.79 Å². The highest BCUT2D eigenvalue weighted by Crippen LogP contribution is 2.23. The van der Waals surface area contributed by atoms with Crippen molar-refractivity contribution >= 4 is 6.41 Å². The number of rotatable bonds is 2. The van der Waals surface area contributed by atoms with Crippen molar-refractivity contribution in [2.75, 3.05) is 14.1 Å². The second kappa shape index (κ2) is 6.93. The van der Waals surface area contributed by atoms with Crippen LogP contribution in [0.2, 0.25) is 0 Å². The van der Waals surface area contributed by atoms with Crippen LogP contribution in [0.4, 0.5) is 0 Å². The lowest BCUT2D eigenvalue weighted by Crippen LogP contribution is -2.08. The smallest absolute Gasteiger partial charge is 0.209 e. The van der Waals surface area contributed by atoms with Gasteiger partial charge in [0.05, 0.1) is 0 Å². The molecule has 0 saturated heterocycles. The SMILES string of the molecule is CC(C)CC(C)(C)C.CN(C)C=O. The number of carbonyl (C=O) groups excluding carboxylic acids is 1. The summed E-state index contributed by atoms with van der Waals surface area (Å²) < 4.78 is 0. The summed E-state index contributed by atoms with van der Waals surface area (Å²) in [6.07, 6.45) is 2.08. The first kappa shape index (κ1) is 15.0. The number of amides is 1. The average molecular weight is 187 g/mol. The van der Waals surface area contributed by atoms with E-state index in [1.54, 1.807) is 14.1 Å². The van der Waals surface area contributed by atoms with Gasteiger partial charge in [0, 0.05) is 14.1 Å². The largest absolute Gasteiger partial charge is 0.351 e. The number of nitrogens with zero attached hydrogens (tertiary/aromatic N) is 1. The third-order valence-electron chi connectivity index (χ3n) is 1.23. The zero-order valence-electron chi connectivity index (χ0n) is 10.2. The van der Waals surface area contributed by atoms with E-state index in [4.69, 9.17) is 0 Å². The molecular formula is C11H25NO. The van der Waals surface area contributed by atoms with E-state index in [0.717, 1.165) is 12.3 Å². The van der Waals surface area contributed by atoms with Crippen molar-refractivity contribution in [3.63, 3.8) is 0 Å². The van der Waals surface area contributed by atoms with E-state index in [2.05, 4.69) is 34.6 Å². The molecule has 0 aliphatic heterocycles. The van der Waals surface area contributed by atoms with Crippen LogP contribution in [0.3, 0.4) is 0 Å². The average Bonchev–Trinajstić information content (AvgIpc) is 1.83. The molecule has 0 aliphatic carbocycles. The Morgan fingerprint density at radius 1 is 1.23 bits per heavy atom. The lowest BCUT2D eigenvalue weighted by molar-refractivity contribution is -0.115. The monoisotopic (exact) mass is 187 g/mol. The molecule has 2 nitrogen and oxygen atoms in total. The molecule has 0 unspecified atom stereocenters. The summed E-state index contributed by atoms with van der Waals surface area (Å²) >= 11 is 0. The van der Waals surface area contributed by atoms with Crippen LogP contribution in [-0.2, 0) is 4.79 Å². The molecule has 0 bridgehead atoms. The first-order chi connectivity index (χ1) is 5.69. The van der Waals surface area contributed by atoms with Crippen LogP contribution < -0.4 is 0 Å². The van der Waals surface area contributed by atoms with Crippen LogP contribution >= 0.6 is 0 Å². The standard InChI is InChI=1S/C8H18.C3H7NO/c1-7(2)6-8(3,4)5;1-4(2)3-5/h7H,6H2,1-5H3;3H,1-2H3. The normalized spacial score (nSPS) is 10.5. The van der Waals surface area contributed by atoms with Gasteiger partial charge in [-0.1, -0.05) is 34.6 Å². The Morgan fingerprint density at radius 2 is 1.54 bits per heavy atom. The van der Waals surface area contributed by atoms with Crippen LogP contribution in [0.1, 0.15) is 41.0 Å². The molecule has 13 heavy (non-hydrogen) atoms. The molecule has 0 aromatic carbocycles. The number of hydrogen-bond donors (Lipinski definition) is 0. The van der Waals surface area contributed by atoms with E-state index in [1.807, 2.05) is 0 Å². The molecule has 0 N–H and O–H groups in total.